The molecular formula is C12H14N2O2. The molecule has 0 spiro atoms. The average molecular weight is 218 g/mol. The van der Waals surface area contributed by atoms with Crippen LogP contribution < -0.4 is 4.74 Å². The lowest BCUT2D eigenvalue weighted by molar-refractivity contribution is 0.165. The molecule has 1 aromatic heterocycles. The van der Waals surface area contributed by atoms with E-state index in [1.165, 1.54) is 0 Å². The molecule has 0 amide bonds. The number of hydrogen-bond acceptors (Lipinski definition) is 4. The van der Waals surface area contributed by atoms with Crippen LogP contribution >= 0.6 is 0 Å². The highest BCUT2D eigenvalue weighted by molar-refractivity contribution is 5.34. The molecule has 4 nitrogen and oxygen atoms in total. The summed E-state index contributed by atoms with van der Waals surface area (Å²) in [6.07, 6.45) is 1.04. The van der Waals surface area contributed by atoms with Crippen LogP contribution in [0.5, 0.6) is 5.88 Å². The Morgan fingerprint density at radius 2 is 2.50 bits per heavy atom. The van der Waals surface area contributed by atoms with Crippen LogP contribution in [0.2, 0.25) is 0 Å². The summed E-state index contributed by atoms with van der Waals surface area (Å²) in [5.74, 6) is 0.983. The molecule has 0 radical (unpaired) electrons. The summed E-state index contributed by atoms with van der Waals surface area (Å²) in [7, 11) is 0. The normalized spacial score (nSPS) is 19.4. The van der Waals surface area contributed by atoms with Crippen molar-refractivity contribution in [3.05, 3.63) is 23.4 Å². The van der Waals surface area contributed by atoms with Crippen molar-refractivity contribution in [2.24, 2.45) is 5.92 Å². The molecule has 0 aromatic carbocycles. The van der Waals surface area contributed by atoms with Gasteiger partial charge in [0.2, 0.25) is 5.88 Å². The number of aromatic nitrogens is 1. The summed E-state index contributed by atoms with van der Waals surface area (Å²) in [6.45, 7) is 4.04. The molecule has 1 atom stereocenters. The Kier molecular flexibility index (Phi) is 3.37. The van der Waals surface area contributed by atoms with Crippen LogP contribution in [0.1, 0.15) is 17.7 Å². The lowest BCUT2D eigenvalue weighted by Gasteiger charge is -2.09. The monoisotopic (exact) mass is 218 g/mol. The highest BCUT2D eigenvalue weighted by atomic mass is 16.5. The van der Waals surface area contributed by atoms with Crippen LogP contribution in [0.4, 0.5) is 0 Å². The molecule has 1 aromatic rings. The predicted octanol–water partition coefficient (Wildman–Crippen LogP) is 1.68. The SMILES string of the molecule is Cc1cc(C#N)cc(OCC2CCOC2)n1. The fraction of sp³-hybridized carbons (Fsp3) is 0.500. The van der Waals surface area contributed by atoms with Gasteiger partial charge in [0.15, 0.2) is 0 Å². The van der Waals surface area contributed by atoms with Gasteiger partial charge in [-0.1, -0.05) is 0 Å². The molecule has 4 heteroatoms. The summed E-state index contributed by atoms with van der Waals surface area (Å²) in [5.41, 5.74) is 1.39. The van der Waals surface area contributed by atoms with E-state index >= 15 is 0 Å². The zero-order valence-corrected chi connectivity index (χ0v) is 9.27. The number of rotatable bonds is 3. The van der Waals surface area contributed by atoms with Gasteiger partial charge in [-0.05, 0) is 19.4 Å². The number of aryl methyl sites for hydroxylation is 1. The van der Waals surface area contributed by atoms with Crippen molar-refractivity contribution in [1.29, 1.82) is 5.26 Å². The van der Waals surface area contributed by atoms with Gasteiger partial charge in [0, 0.05) is 24.3 Å². The molecule has 1 aliphatic heterocycles. The lowest BCUT2D eigenvalue weighted by atomic mass is 10.1. The van der Waals surface area contributed by atoms with Crippen LogP contribution in [0, 0.1) is 24.2 Å². The summed E-state index contributed by atoms with van der Waals surface area (Å²) in [4.78, 5) is 4.23. The fourth-order valence-corrected chi connectivity index (χ4v) is 1.69. The van der Waals surface area contributed by atoms with Gasteiger partial charge in [-0.2, -0.15) is 5.26 Å². The first-order chi connectivity index (χ1) is 7.78. The van der Waals surface area contributed by atoms with Crippen molar-refractivity contribution in [3.63, 3.8) is 0 Å². The fourth-order valence-electron chi connectivity index (χ4n) is 1.69. The molecule has 1 aliphatic rings. The van der Waals surface area contributed by atoms with E-state index < -0.39 is 0 Å². The molecule has 0 saturated carbocycles. The molecule has 2 rings (SSSR count). The standard InChI is InChI=1S/C12H14N2O2/c1-9-4-11(6-13)5-12(14-9)16-8-10-2-3-15-7-10/h4-5,10H,2-3,7-8H2,1H3. The number of ether oxygens (including phenoxy) is 2. The van der Waals surface area contributed by atoms with Gasteiger partial charge in [-0.15, -0.1) is 0 Å². The third-order valence-corrected chi connectivity index (χ3v) is 2.55. The van der Waals surface area contributed by atoms with Crippen molar-refractivity contribution in [3.8, 4) is 11.9 Å². The van der Waals surface area contributed by atoms with E-state index in [-0.39, 0.29) is 0 Å². The quantitative estimate of drug-likeness (QED) is 0.774. The molecular weight excluding hydrogens is 204 g/mol. The van der Waals surface area contributed by atoms with Gasteiger partial charge >= 0.3 is 0 Å². The van der Waals surface area contributed by atoms with Gasteiger partial charge in [-0.3, -0.25) is 0 Å². The van der Waals surface area contributed by atoms with E-state index in [1.54, 1.807) is 12.1 Å². The van der Waals surface area contributed by atoms with Crippen molar-refractivity contribution in [2.75, 3.05) is 19.8 Å². The smallest absolute Gasteiger partial charge is 0.214 e. The number of nitriles is 1. The molecule has 0 aliphatic carbocycles. The lowest BCUT2D eigenvalue weighted by Crippen LogP contribution is -2.12. The molecule has 1 fully saturated rings. The van der Waals surface area contributed by atoms with E-state index in [2.05, 4.69) is 11.1 Å². The number of hydrogen-bond donors (Lipinski definition) is 0. The van der Waals surface area contributed by atoms with Crippen LogP contribution in [0.25, 0.3) is 0 Å². The zero-order chi connectivity index (χ0) is 11.4. The van der Waals surface area contributed by atoms with Crippen LogP contribution in [-0.2, 0) is 4.74 Å². The summed E-state index contributed by atoms with van der Waals surface area (Å²) >= 11 is 0. The van der Waals surface area contributed by atoms with Gasteiger partial charge in [0.05, 0.1) is 24.8 Å². The minimum absolute atomic E-state index is 0.452. The largest absolute Gasteiger partial charge is 0.477 e. The highest BCUT2D eigenvalue weighted by Crippen LogP contribution is 2.16. The van der Waals surface area contributed by atoms with E-state index in [1.807, 2.05) is 6.92 Å². The van der Waals surface area contributed by atoms with Crippen LogP contribution in [0.15, 0.2) is 12.1 Å². The average Bonchev–Trinajstić information content (AvgIpc) is 2.78. The first-order valence-corrected chi connectivity index (χ1v) is 5.37. The van der Waals surface area contributed by atoms with Crippen molar-refractivity contribution in [2.45, 2.75) is 13.3 Å². The Bertz CT molecular complexity index is 406. The van der Waals surface area contributed by atoms with Gasteiger partial charge in [-0.25, -0.2) is 4.98 Å². The van der Waals surface area contributed by atoms with E-state index in [0.29, 0.717) is 24.0 Å². The molecule has 2 heterocycles. The third kappa shape index (κ3) is 2.71. The Balaban J connectivity index is 1.98. The highest BCUT2D eigenvalue weighted by Gasteiger charge is 2.16. The van der Waals surface area contributed by atoms with Crippen molar-refractivity contribution >= 4 is 0 Å². The maximum atomic E-state index is 8.81. The summed E-state index contributed by atoms with van der Waals surface area (Å²) in [6, 6.07) is 5.50. The first-order valence-electron chi connectivity index (χ1n) is 5.37. The minimum Gasteiger partial charge on any atom is -0.477 e. The topological polar surface area (TPSA) is 55.1 Å². The van der Waals surface area contributed by atoms with Crippen LogP contribution in [0.3, 0.4) is 0 Å². The molecule has 84 valence electrons. The predicted molar refractivity (Wildman–Crippen MR) is 58.1 cm³/mol. The van der Waals surface area contributed by atoms with E-state index in [4.69, 9.17) is 14.7 Å². The Morgan fingerprint density at radius 1 is 1.62 bits per heavy atom. The Morgan fingerprint density at radius 3 is 3.19 bits per heavy atom. The Hall–Kier alpha value is -1.60. The van der Waals surface area contributed by atoms with Crippen molar-refractivity contribution < 1.29 is 9.47 Å². The van der Waals surface area contributed by atoms with E-state index in [9.17, 15) is 0 Å². The van der Waals surface area contributed by atoms with Crippen molar-refractivity contribution in [1.82, 2.24) is 4.98 Å². The second-order valence-electron chi connectivity index (χ2n) is 3.99. The maximum absolute atomic E-state index is 8.81. The van der Waals surface area contributed by atoms with E-state index in [0.717, 1.165) is 25.3 Å². The van der Waals surface area contributed by atoms with Gasteiger partial charge in [0.25, 0.3) is 0 Å². The Labute approximate surface area is 94.8 Å². The van der Waals surface area contributed by atoms with Gasteiger partial charge < -0.3 is 9.47 Å². The zero-order valence-electron chi connectivity index (χ0n) is 9.27. The summed E-state index contributed by atoms with van der Waals surface area (Å²) in [5, 5.41) is 8.81. The molecule has 1 saturated heterocycles. The third-order valence-electron chi connectivity index (χ3n) is 2.55. The molecule has 16 heavy (non-hydrogen) atoms. The van der Waals surface area contributed by atoms with Crippen LogP contribution in [-0.4, -0.2) is 24.8 Å². The second-order valence-corrected chi connectivity index (χ2v) is 3.99. The number of pyridine rings is 1. The van der Waals surface area contributed by atoms with Gasteiger partial charge in [0.1, 0.15) is 0 Å². The maximum Gasteiger partial charge on any atom is 0.214 e. The minimum atomic E-state index is 0.452. The second kappa shape index (κ2) is 4.95. The molecule has 0 N–H and O–H groups in total. The molecule has 0 bridgehead atoms. The first kappa shape index (κ1) is 10.9. The summed E-state index contributed by atoms with van der Waals surface area (Å²) < 4.78 is 10.8. The number of nitrogens with zero attached hydrogens (tertiary/aromatic N) is 2. The molecule has 1 unspecified atom stereocenters.